The van der Waals surface area contributed by atoms with Gasteiger partial charge in [-0.05, 0) is 104 Å². The molecule has 1 amide bonds. The Morgan fingerprint density at radius 2 is 1.42 bits per heavy atom. The highest BCUT2D eigenvalue weighted by atomic mass is 16.4. The predicted molar refractivity (Wildman–Crippen MR) is 193 cm³/mol. The zero-order chi connectivity index (χ0) is 35.5. The molecule has 0 atom stereocenters. The lowest BCUT2D eigenvalue weighted by Gasteiger charge is -2.21. The fourth-order valence-electron chi connectivity index (χ4n) is 6.62. The summed E-state index contributed by atoms with van der Waals surface area (Å²) in [6.45, 7) is 3.21. The Balaban J connectivity index is 0.000000138. The van der Waals surface area contributed by atoms with Crippen molar-refractivity contribution >= 4 is 30.3 Å². The molecule has 4 aliphatic rings. The van der Waals surface area contributed by atoms with Crippen LogP contribution in [-0.4, -0.2) is 42.1 Å². The Labute approximate surface area is 292 Å². The topological polar surface area (TPSA) is 176 Å². The molecule has 4 aromatic rings. The highest BCUT2D eigenvalue weighted by Gasteiger charge is 2.46. The minimum atomic E-state index is -0.945. The number of para-hydroxylation sites is 2. The number of carbonyl (C=O) groups excluding carboxylic acids is 1. The fraction of sp³-hybridized carbons (Fsp3) is 0.282. The maximum absolute atomic E-state index is 12.8. The van der Waals surface area contributed by atoms with Crippen molar-refractivity contribution in [1.29, 1.82) is 10.5 Å². The lowest BCUT2D eigenvalue weighted by molar-refractivity contribution is 0.0697. The summed E-state index contributed by atoms with van der Waals surface area (Å²) in [5, 5.41) is 42.6. The number of hydrogen-bond acceptors (Lipinski definition) is 8. The summed E-state index contributed by atoms with van der Waals surface area (Å²) in [6, 6.07) is 30.4. The SMILES string of the molecule is CB(O)N1CCc2cccc(C(=O)O)c21.N#Cc1ccc(C2(N)CC2)cc1.N#Cc1ccc(C2(NC(=O)c3cccc4c3NCC4)CC2)cc1. The molecule has 6 N–H and O–H groups in total. The predicted octanol–water partition coefficient (Wildman–Crippen LogP) is 5.31. The smallest absolute Gasteiger partial charge is 0.409 e. The van der Waals surface area contributed by atoms with Gasteiger partial charge in [0.1, 0.15) is 0 Å². The molecule has 252 valence electrons. The van der Waals surface area contributed by atoms with E-state index in [-0.39, 0.29) is 22.5 Å². The lowest BCUT2D eigenvalue weighted by atomic mass is 9.84. The van der Waals surface area contributed by atoms with E-state index in [9.17, 15) is 14.6 Å². The number of fused-ring (bicyclic) bond motifs is 2. The van der Waals surface area contributed by atoms with Gasteiger partial charge in [-0.15, -0.1) is 0 Å². The summed E-state index contributed by atoms with van der Waals surface area (Å²) in [6.07, 6.45) is 5.77. The van der Waals surface area contributed by atoms with Crippen LogP contribution in [0.3, 0.4) is 0 Å². The van der Waals surface area contributed by atoms with Gasteiger partial charge in [0.15, 0.2) is 0 Å². The maximum Gasteiger partial charge on any atom is 0.409 e. The molecule has 2 aliphatic carbocycles. The van der Waals surface area contributed by atoms with E-state index < -0.39 is 13.0 Å². The summed E-state index contributed by atoms with van der Waals surface area (Å²) in [5.41, 5.74) is 14.0. The van der Waals surface area contributed by atoms with Crippen molar-refractivity contribution < 1.29 is 19.7 Å². The molecule has 8 rings (SSSR count). The van der Waals surface area contributed by atoms with Gasteiger partial charge in [0.25, 0.3) is 5.91 Å². The minimum Gasteiger partial charge on any atom is -0.478 e. The number of hydrogen-bond donors (Lipinski definition) is 5. The van der Waals surface area contributed by atoms with Crippen LogP contribution in [0.2, 0.25) is 6.82 Å². The van der Waals surface area contributed by atoms with E-state index in [0.717, 1.165) is 73.0 Å². The van der Waals surface area contributed by atoms with Crippen molar-refractivity contribution in [1.82, 2.24) is 5.32 Å². The highest BCUT2D eigenvalue weighted by molar-refractivity contribution is 6.54. The third kappa shape index (κ3) is 7.20. The Hall–Kier alpha value is -5.62. The minimum absolute atomic E-state index is 0.0295. The first-order valence-electron chi connectivity index (χ1n) is 16.9. The van der Waals surface area contributed by atoms with Gasteiger partial charge in [-0.25, -0.2) is 4.79 Å². The van der Waals surface area contributed by atoms with E-state index in [4.69, 9.17) is 21.4 Å². The second-order valence-corrected chi connectivity index (χ2v) is 13.3. The van der Waals surface area contributed by atoms with E-state index in [1.165, 1.54) is 5.56 Å². The normalized spacial score (nSPS) is 16.3. The van der Waals surface area contributed by atoms with Crippen LogP contribution in [0.15, 0.2) is 84.9 Å². The van der Waals surface area contributed by atoms with Gasteiger partial charge < -0.3 is 31.3 Å². The average Bonchev–Trinajstić information content (AvgIpc) is 3.96. The number of anilines is 2. The number of nitrogens with one attached hydrogen (secondary N) is 2. The maximum atomic E-state index is 12.8. The third-order valence-electron chi connectivity index (χ3n) is 9.85. The number of carboxylic acid groups (broad SMARTS) is 1. The monoisotopic (exact) mass is 666 g/mol. The van der Waals surface area contributed by atoms with Gasteiger partial charge in [-0.3, -0.25) is 4.79 Å². The first-order valence-corrected chi connectivity index (χ1v) is 16.9. The zero-order valence-corrected chi connectivity index (χ0v) is 27.9. The van der Waals surface area contributed by atoms with Gasteiger partial charge in [0.05, 0.1) is 45.6 Å². The molecule has 2 heterocycles. The van der Waals surface area contributed by atoms with Crippen LogP contribution in [0.5, 0.6) is 0 Å². The Kier molecular flexibility index (Phi) is 9.65. The highest BCUT2D eigenvalue weighted by Crippen LogP contribution is 2.46. The number of benzene rings is 4. The van der Waals surface area contributed by atoms with E-state index in [0.29, 0.717) is 23.4 Å². The van der Waals surface area contributed by atoms with E-state index in [2.05, 4.69) is 28.8 Å². The number of amides is 1. The second-order valence-electron chi connectivity index (χ2n) is 13.3. The van der Waals surface area contributed by atoms with Crippen LogP contribution in [0.25, 0.3) is 0 Å². The number of rotatable bonds is 6. The number of carboxylic acids is 1. The molecule has 0 spiro atoms. The lowest BCUT2D eigenvalue weighted by Crippen LogP contribution is -2.36. The molecule has 2 aliphatic heterocycles. The fourth-order valence-corrected chi connectivity index (χ4v) is 6.62. The van der Waals surface area contributed by atoms with Gasteiger partial charge in [0, 0.05) is 24.3 Å². The van der Waals surface area contributed by atoms with Crippen LogP contribution < -0.4 is 21.2 Å². The first kappa shape index (κ1) is 34.3. The molecule has 0 unspecified atom stereocenters. The number of nitriles is 2. The van der Waals surface area contributed by atoms with E-state index >= 15 is 0 Å². The molecule has 0 bridgehead atoms. The van der Waals surface area contributed by atoms with Crippen LogP contribution in [0, 0.1) is 22.7 Å². The Morgan fingerprint density at radius 3 is 1.96 bits per heavy atom. The van der Waals surface area contributed by atoms with E-state index in [1.807, 2.05) is 66.7 Å². The summed E-state index contributed by atoms with van der Waals surface area (Å²) >= 11 is 0. The molecule has 11 heteroatoms. The number of aromatic carboxylic acids is 1. The number of carbonyl (C=O) groups is 2. The zero-order valence-electron chi connectivity index (χ0n) is 27.9. The number of nitrogens with two attached hydrogens (primary N) is 1. The van der Waals surface area contributed by atoms with Crippen molar-refractivity contribution in [3.05, 3.63) is 129 Å². The molecular formula is C39H39BN6O4. The van der Waals surface area contributed by atoms with Crippen LogP contribution in [-0.2, 0) is 23.9 Å². The summed E-state index contributed by atoms with van der Waals surface area (Å²) in [7, 11) is -0.647. The summed E-state index contributed by atoms with van der Waals surface area (Å²) < 4.78 is 0. The molecule has 0 aromatic heterocycles. The molecular weight excluding hydrogens is 627 g/mol. The van der Waals surface area contributed by atoms with Crippen molar-refractivity contribution in [3.63, 3.8) is 0 Å². The van der Waals surface area contributed by atoms with Gasteiger partial charge in [-0.1, -0.05) is 48.5 Å². The van der Waals surface area contributed by atoms with Gasteiger partial charge in [-0.2, -0.15) is 10.5 Å². The van der Waals surface area contributed by atoms with Crippen molar-refractivity contribution in [2.24, 2.45) is 5.73 Å². The molecule has 0 saturated heterocycles. The quantitative estimate of drug-likeness (QED) is 0.171. The second kappa shape index (κ2) is 14.1. The summed E-state index contributed by atoms with van der Waals surface area (Å²) in [5.74, 6) is -0.975. The van der Waals surface area contributed by atoms with Gasteiger partial charge >= 0.3 is 13.0 Å². The molecule has 2 saturated carbocycles. The number of nitrogens with zero attached hydrogens (tertiary/aromatic N) is 3. The first-order chi connectivity index (χ1) is 24.1. The van der Waals surface area contributed by atoms with Crippen LogP contribution >= 0.6 is 0 Å². The van der Waals surface area contributed by atoms with Crippen molar-refractivity contribution in [2.75, 3.05) is 23.2 Å². The third-order valence-corrected chi connectivity index (χ3v) is 9.85. The molecule has 50 heavy (non-hydrogen) atoms. The standard InChI is InChI=1S/C19H17N3O.C10H12BNO3.C10H10N2/c20-12-13-4-6-15(7-5-13)19(9-10-19)22-18(23)16-3-1-2-14-8-11-21-17(14)16;1-11(15)12-6-5-7-3-2-4-8(9(7)12)10(13)14;11-7-8-1-3-9(4-2-8)10(12)5-6-10/h1-7,21H,8-11H2,(H,22,23);2-4,15H,5-6H2,1H3,(H,13,14);1-4H,5-6,12H2. The molecule has 10 nitrogen and oxygen atoms in total. The molecule has 0 radical (unpaired) electrons. The Morgan fingerprint density at radius 1 is 0.840 bits per heavy atom. The molecule has 4 aromatic carbocycles. The average molecular weight is 667 g/mol. The Bertz CT molecular complexity index is 1990. The van der Waals surface area contributed by atoms with Crippen molar-refractivity contribution in [2.45, 2.75) is 56.4 Å². The van der Waals surface area contributed by atoms with Crippen LogP contribution in [0.4, 0.5) is 11.4 Å². The van der Waals surface area contributed by atoms with Gasteiger partial charge in [0.2, 0.25) is 0 Å². The molecule has 2 fully saturated rings. The largest absolute Gasteiger partial charge is 0.478 e. The van der Waals surface area contributed by atoms with E-state index in [1.54, 1.807) is 23.8 Å². The van der Waals surface area contributed by atoms with Crippen molar-refractivity contribution in [3.8, 4) is 12.1 Å². The summed E-state index contributed by atoms with van der Waals surface area (Å²) in [4.78, 5) is 25.5. The van der Waals surface area contributed by atoms with Crippen LogP contribution in [0.1, 0.15) is 79.8 Å².